The van der Waals surface area contributed by atoms with Crippen molar-refractivity contribution in [2.24, 2.45) is 0 Å². The molecule has 3 rings (SSSR count). The van der Waals surface area contributed by atoms with E-state index in [4.69, 9.17) is 21.1 Å². The largest absolute Gasteiger partial charge is 0.469 e. The molecule has 0 aliphatic carbocycles. The highest BCUT2D eigenvalue weighted by atomic mass is 35.5. The highest BCUT2D eigenvalue weighted by Crippen LogP contribution is 2.35. The lowest BCUT2D eigenvalue weighted by molar-refractivity contribution is -0.140. The van der Waals surface area contributed by atoms with Gasteiger partial charge in [-0.05, 0) is 59.0 Å². The van der Waals surface area contributed by atoms with Crippen LogP contribution in [-0.2, 0) is 40.0 Å². The van der Waals surface area contributed by atoms with E-state index in [-0.39, 0.29) is 31.7 Å². The molecule has 0 spiro atoms. The molecule has 0 unspecified atom stereocenters. The zero-order valence-corrected chi connectivity index (χ0v) is 20.5. The number of ether oxygens (including phenoxy) is 2. The standard InChI is InChI=1S/C27H25ClF3NO4/c1-3-32(26(34)36-17-18-7-5-4-6-8-18)16-21-14-22(27(29,30)31)9-10-24(21)20-11-19(12-23(28)15-20)13-25(33)35-2/h4-12,14-15H,3,13,16-17H2,1-2H3. The van der Waals surface area contributed by atoms with Gasteiger partial charge in [0.25, 0.3) is 0 Å². The minimum Gasteiger partial charge on any atom is -0.469 e. The average Bonchev–Trinajstić information content (AvgIpc) is 2.85. The molecule has 0 bridgehead atoms. The fourth-order valence-electron chi connectivity index (χ4n) is 3.65. The number of hydrogen-bond donors (Lipinski definition) is 0. The minimum absolute atomic E-state index is 0.0385. The zero-order valence-electron chi connectivity index (χ0n) is 19.8. The quantitative estimate of drug-likeness (QED) is 0.304. The summed E-state index contributed by atoms with van der Waals surface area (Å²) in [7, 11) is 1.26. The van der Waals surface area contributed by atoms with E-state index in [9.17, 15) is 22.8 Å². The predicted molar refractivity (Wildman–Crippen MR) is 130 cm³/mol. The van der Waals surface area contributed by atoms with Crippen LogP contribution in [0.4, 0.5) is 18.0 Å². The third-order valence-corrected chi connectivity index (χ3v) is 5.70. The van der Waals surface area contributed by atoms with Gasteiger partial charge < -0.3 is 14.4 Å². The maximum absolute atomic E-state index is 13.5. The van der Waals surface area contributed by atoms with Crippen LogP contribution in [0.2, 0.25) is 5.02 Å². The Bertz CT molecular complexity index is 1220. The van der Waals surface area contributed by atoms with E-state index in [0.29, 0.717) is 21.7 Å². The van der Waals surface area contributed by atoms with Crippen LogP contribution in [-0.4, -0.2) is 30.6 Å². The van der Waals surface area contributed by atoms with Crippen molar-refractivity contribution in [1.82, 2.24) is 4.90 Å². The number of halogens is 4. The first kappa shape index (κ1) is 27.1. The molecule has 0 aromatic heterocycles. The minimum atomic E-state index is -4.57. The summed E-state index contributed by atoms with van der Waals surface area (Å²) in [4.78, 5) is 25.8. The van der Waals surface area contributed by atoms with Gasteiger partial charge >= 0.3 is 18.2 Å². The van der Waals surface area contributed by atoms with Crippen molar-refractivity contribution in [3.05, 3.63) is 94.0 Å². The van der Waals surface area contributed by atoms with Crippen LogP contribution < -0.4 is 0 Å². The van der Waals surface area contributed by atoms with Crippen molar-refractivity contribution in [3.63, 3.8) is 0 Å². The highest BCUT2D eigenvalue weighted by Gasteiger charge is 2.31. The Balaban J connectivity index is 1.95. The van der Waals surface area contributed by atoms with Crippen molar-refractivity contribution >= 4 is 23.7 Å². The van der Waals surface area contributed by atoms with Gasteiger partial charge in [-0.25, -0.2) is 4.79 Å². The van der Waals surface area contributed by atoms with Crippen LogP contribution >= 0.6 is 11.6 Å². The Labute approximate surface area is 212 Å². The third-order valence-electron chi connectivity index (χ3n) is 5.48. The molecular weight excluding hydrogens is 495 g/mol. The van der Waals surface area contributed by atoms with Gasteiger partial charge in [0.15, 0.2) is 0 Å². The van der Waals surface area contributed by atoms with Gasteiger partial charge in [-0.2, -0.15) is 13.2 Å². The molecule has 0 radical (unpaired) electrons. The number of alkyl halides is 3. The second-order valence-electron chi connectivity index (χ2n) is 8.03. The summed E-state index contributed by atoms with van der Waals surface area (Å²) in [6.45, 7) is 1.84. The molecule has 5 nitrogen and oxygen atoms in total. The van der Waals surface area contributed by atoms with Crippen molar-refractivity contribution in [2.45, 2.75) is 32.7 Å². The van der Waals surface area contributed by atoms with Gasteiger partial charge in [0.2, 0.25) is 0 Å². The van der Waals surface area contributed by atoms with Gasteiger partial charge in [0, 0.05) is 18.1 Å². The van der Waals surface area contributed by atoms with Crippen LogP contribution in [0, 0.1) is 0 Å². The molecule has 0 heterocycles. The van der Waals surface area contributed by atoms with Crippen molar-refractivity contribution in [1.29, 1.82) is 0 Å². The van der Waals surface area contributed by atoms with E-state index in [0.717, 1.165) is 17.7 Å². The smallest absolute Gasteiger partial charge is 0.416 e. The number of esters is 1. The number of nitrogens with zero attached hydrogens (tertiary/aromatic N) is 1. The maximum Gasteiger partial charge on any atom is 0.416 e. The molecule has 0 N–H and O–H groups in total. The van der Waals surface area contributed by atoms with Gasteiger partial charge in [-0.3, -0.25) is 4.79 Å². The molecule has 0 aliphatic rings. The van der Waals surface area contributed by atoms with Crippen molar-refractivity contribution in [3.8, 4) is 11.1 Å². The Morgan fingerprint density at radius 3 is 2.33 bits per heavy atom. The lowest BCUT2D eigenvalue weighted by Crippen LogP contribution is -2.31. The topological polar surface area (TPSA) is 55.8 Å². The fraction of sp³-hybridized carbons (Fsp3) is 0.259. The van der Waals surface area contributed by atoms with Gasteiger partial charge in [-0.1, -0.05) is 54.1 Å². The SMILES string of the molecule is CCN(Cc1cc(C(F)(F)F)ccc1-c1cc(Cl)cc(CC(=O)OC)c1)C(=O)OCc1ccccc1. The van der Waals surface area contributed by atoms with Crippen LogP contribution in [0.15, 0.2) is 66.7 Å². The zero-order chi connectivity index (χ0) is 26.3. The van der Waals surface area contributed by atoms with Crippen molar-refractivity contribution < 1.29 is 32.2 Å². The number of hydrogen-bond acceptors (Lipinski definition) is 4. The Kier molecular flexibility index (Phi) is 8.98. The summed E-state index contributed by atoms with van der Waals surface area (Å²) in [6, 6.07) is 17.3. The molecule has 36 heavy (non-hydrogen) atoms. The lowest BCUT2D eigenvalue weighted by atomic mass is 9.95. The second-order valence-corrected chi connectivity index (χ2v) is 8.46. The first-order valence-corrected chi connectivity index (χ1v) is 11.5. The van der Waals surface area contributed by atoms with E-state index >= 15 is 0 Å². The monoisotopic (exact) mass is 519 g/mol. The number of rotatable bonds is 8. The van der Waals surface area contributed by atoms with Crippen LogP contribution in [0.5, 0.6) is 0 Å². The first-order valence-electron chi connectivity index (χ1n) is 11.1. The first-order chi connectivity index (χ1) is 17.1. The molecule has 9 heteroatoms. The van der Waals surface area contributed by atoms with Crippen LogP contribution in [0.3, 0.4) is 0 Å². The summed E-state index contributed by atoms with van der Waals surface area (Å²) >= 11 is 6.25. The summed E-state index contributed by atoms with van der Waals surface area (Å²) < 4.78 is 50.6. The molecule has 3 aromatic rings. The fourth-order valence-corrected chi connectivity index (χ4v) is 3.91. The normalized spacial score (nSPS) is 11.2. The molecule has 0 saturated carbocycles. The van der Waals surface area contributed by atoms with Gasteiger partial charge in [0.05, 0.1) is 19.1 Å². The summed E-state index contributed by atoms with van der Waals surface area (Å²) in [5.74, 6) is -0.478. The molecule has 1 amide bonds. The van der Waals surface area contributed by atoms with E-state index in [1.54, 1.807) is 37.3 Å². The molecule has 190 valence electrons. The number of methoxy groups -OCH3 is 1. The van der Waals surface area contributed by atoms with Crippen LogP contribution in [0.1, 0.15) is 29.2 Å². The van der Waals surface area contributed by atoms with Crippen molar-refractivity contribution in [2.75, 3.05) is 13.7 Å². The Morgan fingerprint density at radius 2 is 1.69 bits per heavy atom. The predicted octanol–water partition coefficient (Wildman–Crippen LogP) is 6.90. The molecule has 0 atom stereocenters. The summed E-state index contributed by atoms with van der Waals surface area (Å²) in [5.41, 5.74) is 1.72. The van der Waals surface area contributed by atoms with E-state index < -0.39 is 23.8 Å². The van der Waals surface area contributed by atoms with Crippen LogP contribution in [0.25, 0.3) is 11.1 Å². The average molecular weight is 520 g/mol. The van der Waals surface area contributed by atoms with Gasteiger partial charge in [-0.15, -0.1) is 0 Å². The molecular formula is C27H25ClF3NO4. The molecule has 0 aliphatic heterocycles. The second kappa shape index (κ2) is 11.9. The number of benzene rings is 3. The summed E-state index contributed by atoms with van der Waals surface area (Å²) in [5, 5.41) is 0.312. The lowest BCUT2D eigenvalue weighted by Gasteiger charge is -2.23. The highest BCUT2D eigenvalue weighted by molar-refractivity contribution is 6.31. The number of amides is 1. The van der Waals surface area contributed by atoms with Gasteiger partial charge in [0.1, 0.15) is 6.61 Å². The Morgan fingerprint density at radius 1 is 0.972 bits per heavy atom. The number of carbonyl (C=O) groups is 2. The van der Waals surface area contributed by atoms with E-state index in [2.05, 4.69) is 0 Å². The summed E-state index contributed by atoms with van der Waals surface area (Å²) in [6.07, 6.45) is -5.27. The molecule has 0 saturated heterocycles. The maximum atomic E-state index is 13.5. The molecule has 0 fully saturated rings. The van der Waals surface area contributed by atoms with E-state index in [1.807, 2.05) is 18.2 Å². The molecule has 3 aromatic carbocycles. The Hall–Kier alpha value is -3.52. The van der Waals surface area contributed by atoms with E-state index in [1.165, 1.54) is 18.1 Å². The number of carbonyl (C=O) groups excluding carboxylic acids is 2. The third kappa shape index (κ3) is 7.24.